The Bertz CT molecular complexity index is 407. The number of hydrogen-bond acceptors (Lipinski definition) is 0. The summed E-state index contributed by atoms with van der Waals surface area (Å²) in [6.45, 7) is 7.95. The fourth-order valence-corrected chi connectivity index (χ4v) is 5.55. The quantitative estimate of drug-likeness (QED) is 0.464. The van der Waals surface area contributed by atoms with E-state index in [0.717, 1.165) is 35.5 Å². The molecular formula is C24H38. The van der Waals surface area contributed by atoms with Crippen molar-refractivity contribution in [2.24, 2.45) is 35.5 Å². The smallest absolute Gasteiger partial charge is 0.0233 e. The first-order valence-electron chi connectivity index (χ1n) is 10.7. The molecule has 0 atom stereocenters. The van der Waals surface area contributed by atoms with Crippen LogP contribution in [0.5, 0.6) is 0 Å². The van der Waals surface area contributed by atoms with Crippen molar-refractivity contribution in [3.05, 3.63) is 37.5 Å². The maximum absolute atomic E-state index is 3.99. The maximum Gasteiger partial charge on any atom is -0.0233 e. The van der Waals surface area contributed by atoms with Crippen molar-refractivity contribution in [1.29, 1.82) is 0 Å². The second-order valence-corrected chi connectivity index (χ2v) is 8.88. The first kappa shape index (κ1) is 18.0. The van der Waals surface area contributed by atoms with Crippen molar-refractivity contribution in [1.82, 2.24) is 0 Å². The lowest BCUT2D eigenvalue weighted by molar-refractivity contribution is 0.166. The second kappa shape index (κ2) is 9.07. The van der Waals surface area contributed by atoms with E-state index in [1.165, 1.54) is 77.0 Å². The molecule has 0 aromatic heterocycles. The van der Waals surface area contributed by atoms with Gasteiger partial charge in [-0.25, -0.2) is 0 Å². The van der Waals surface area contributed by atoms with Gasteiger partial charge >= 0.3 is 0 Å². The minimum atomic E-state index is 0.793. The minimum absolute atomic E-state index is 0.793. The molecular weight excluding hydrogens is 288 g/mol. The van der Waals surface area contributed by atoms with Crippen LogP contribution in [0, 0.1) is 35.5 Å². The van der Waals surface area contributed by atoms with Crippen LogP contribution in [0.25, 0.3) is 0 Å². The molecule has 3 rings (SSSR count). The molecule has 0 N–H and O–H groups in total. The Morgan fingerprint density at radius 1 is 0.417 bits per heavy atom. The molecule has 0 heterocycles. The fourth-order valence-electron chi connectivity index (χ4n) is 5.55. The minimum Gasteiger partial charge on any atom is -0.103 e. The predicted molar refractivity (Wildman–Crippen MR) is 106 cm³/mol. The van der Waals surface area contributed by atoms with E-state index in [9.17, 15) is 0 Å². The van der Waals surface area contributed by atoms with Crippen LogP contribution in [0.4, 0.5) is 0 Å². The molecule has 0 saturated heterocycles. The van der Waals surface area contributed by atoms with Crippen molar-refractivity contribution >= 4 is 0 Å². The van der Waals surface area contributed by atoms with Gasteiger partial charge in [0.05, 0.1) is 0 Å². The van der Waals surface area contributed by atoms with Crippen LogP contribution < -0.4 is 0 Å². The third-order valence-electron chi connectivity index (χ3n) is 7.44. The lowest BCUT2D eigenvalue weighted by atomic mass is 9.69. The lowest BCUT2D eigenvalue weighted by Crippen LogP contribution is -2.25. The Hall–Kier alpha value is -0.780. The molecule has 0 unspecified atom stereocenters. The van der Waals surface area contributed by atoms with Crippen LogP contribution in [-0.4, -0.2) is 0 Å². The third-order valence-corrected chi connectivity index (χ3v) is 7.44. The van der Waals surface area contributed by atoms with Crippen molar-refractivity contribution < 1.29 is 0 Å². The highest BCUT2D eigenvalue weighted by Gasteiger charge is 2.29. The van der Waals surface area contributed by atoms with E-state index in [0.29, 0.717) is 0 Å². The van der Waals surface area contributed by atoms with E-state index in [1.54, 1.807) is 0 Å². The molecule has 0 heteroatoms. The molecule has 24 heavy (non-hydrogen) atoms. The summed E-state index contributed by atoms with van der Waals surface area (Å²) in [7, 11) is 0. The average Bonchev–Trinajstić information content (AvgIpc) is 2.67. The summed E-state index contributed by atoms with van der Waals surface area (Å²) in [4.78, 5) is 0. The molecule has 3 aliphatic rings. The molecule has 3 saturated carbocycles. The fraction of sp³-hybridized carbons (Fsp3) is 0.750. The van der Waals surface area contributed by atoms with Gasteiger partial charge < -0.3 is 0 Å². The van der Waals surface area contributed by atoms with E-state index in [2.05, 4.69) is 37.5 Å². The highest BCUT2D eigenvalue weighted by Crippen LogP contribution is 2.42. The first-order valence-corrected chi connectivity index (χ1v) is 10.7. The molecule has 3 aliphatic carbocycles. The zero-order chi connectivity index (χ0) is 16.8. The van der Waals surface area contributed by atoms with E-state index >= 15 is 0 Å². The van der Waals surface area contributed by atoms with E-state index in [1.807, 2.05) is 0 Å². The molecule has 0 nitrogen and oxygen atoms in total. The third kappa shape index (κ3) is 4.87. The first-order chi connectivity index (χ1) is 11.8. The highest BCUT2D eigenvalue weighted by molar-refractivity contribution is 4.98. The SMILES string of the molecule is C=CC1CCC(/C=C/C2CCC(C3CCC(C=C)CC3)CC2)CC1. The summed E-state index contributed by atoms with van der Waals surface area (Å²) >= 11 is 0. The Morgan fingerprint density at radius 2 is 0.708 bits per heavy atom. The largest absolute Gasteiger partial charge is 0.103 e. The Labute approximate surface area is 150 Å². The van der Waals surface area contributed by atoms with Crippen molar-refractivity contribution in [3.63, 3.8) is 0 Å². The zero-order valence-corrected chi connectivity index (χ0v) is 15.7. The normalized spacial score (nSPS) is 41.2. The van der Waals surface area contributed by atoms with E-state index in [4.69, 9.17) is 0 Å². The lowest BCUT2D eigenvalue weighted by Gasteiger charge is -2.37. The molecule has 0 radical (unpaired) electrons. The van der Waals surface area contributed by atoms with Gasteiger partial charge in [-0.2, -0.15) is 0 Å². The van der Waals surface area contributed by atoms with E-state index in [-0.39, 0.29) is 0 Å². The molecule has 0 amide bonds. The Balaban J connectivity index is 1.37. The Morgan fingerprint density at radius 3 is 1.08 bits per heavy atom. The van der Waals surface area contributed by atoms with Crippen LogP contribution in [0.1, 0.15) is 77.0 Å². The summed E-state index contributed by atoms with van der Waals surface area (Å²) in [5.74, 6) is 5.40. The van der Waals surface area contributed by atoms with Crippen molar-refractivity contribution in [2.75, 3.05) is 0 Å². The summed E-state index contributed by atoms with van der Waals surface area (Å²) in [6.07, 6.45) is 26.7. The van der Waals surface area contributed by atoms with Gasteiger partial charge in [-0.3, -0.25) is 0 Å². The molecule has 0 aliphatic heterocycles. The van der Waals surface area contributed by atoms with Gasteiger partial charge in [-0.15, -0.1) is 13.2 Å². The van der Waals surface area contributed by atoms with Gasteiger partial charge in [0, 0.05) is 0 Å². The van der Waals surface area contributed by atoms with Crippen LogP contribution >= 0.6 is 0 Å². The van der Waals surface area contributed by atoms with Crippen molar-refractivity contribution in [3.8, 4) is 0 Å². The Kier molecular flexibility index (Phi) is 6.81. The van der Waals surface area contributed by atoms with Gasteiger partial charge in [0.2, 0.25) is 0 Å². The topological polar surface area (TPSA) is 0 Å². The van der Waals surface area contributed by atoms with Gasteiger partial charge in [0.1, 0.15) is 0 Å². The van der Waals surface area contributed by atoms with Crippen LogP contribution in [0.2, 0.25) is 0 Å². The number of allylic oxidation sites excluding steroid dienone is 4. The molecule has 0 spiro atoms. The zero-order valence-electron chi connectivity index (χ0n) is 15.7. The monoisotopic (exact) mass is 326 g/mol. The van der Waals surface area contributed by atoms with Crippen LogP contribution in [-0.2, 0) is 0 Å². The van der Waals surface area contributed by atoms with Gasteiger partial charge in [-0.05, 0) is 113 Å². The summed E-state index contributed by atoms with van der Waals surface area (Å²) in [6, 6.07) is 0. The van der Waals surface area contributed by atoms with Crippen molar-refractivity contribution in [2.45, 2.75) is 77.0 Å². The highest BCUT2D eigenvalue weighted by atomic mass is 14.3. The average molecular weight is 327 g/mol. The predicted octanol–water partition coefficient (Wildman–Crippen LogP) is 7.33. The molecule has 0 aromatic rings. The summed E-state index contributed by atoms with van der Waals surface area (Å²) in [5, 5.41) is 0. The van der Waals surface area contributed by atoms with Crippen LogP contribution in [0.15, 0.2) is 37.5 Å². The second-order valence-electron chi connectivity index (χ2n) is 8.88. The van der Waals surface area contributed by atoms with Gasteiger partial charge in [0.25, 0.3) is 0 Å². The molecule has 134 valence electrons. The molecule has 3 fully saturated rings. The standard InChI is InChI=1S/C24H38/c1-3-19-5-7-21(8-6-19)9-10-22-13-17-24(18-14-22)23-15-11-20(4-2)12-16-23/h3-4,9-10,19-24H,1-2,5-8,11-18H2/b10-9+. The summed E-state index contributed by atoms with van der Waals surface area (Å²) < 4.78 is 0. The maximum atomic E-state index is 3.99. The summed E-state index contributed by atoms with van der Waals surface area (Å²) in [5.41, 5.74) is 0. The van der Waals surface area contributed by atoms with Gasteiger partial charge in [0.15, 0.2) is 0 Å². The number of rotatable bonds is 5. The van der Waals surface area contributed by atoms with Gasteiger partial charge in [-0.1, -0.05) is 24.3 Å². The number of hydrogen-bond donors (Lipinski definition) is 0. The van der Waals surface area contributed by atoms with Crippen LogP contribution in [0.3, 0.4) is 0 Å². The molecule has 0 aromatic carbocycles. The van der Waals surface area contributed by atoms with E-state index < -0.39 is 0 Å². The molecule has 0 bridgehead atoms.